The Kier molecular flexibility index (Phi) is 2.22. The molecule has 0 spiro atoms. The highest BCUT2D eigenvalue weighted by atomic mass is 32.1. The summed E-state index contributed by atoms with van der Waals surface area (Å²) in [6, 6.07) is 1.81. The second kappa shape index (κ2) is 3.38. The van der Waals surface area contributed by atoms with Crippen molar-refractivity contribution in [3.8, 4) is 0 Å². The first-order valence-corrected chi connectivity index (χ1v) is 5.29. The molecule has 0 aromatic carbocycles. The van der Waals surface area contributed by atoms with E-state index < -0.39 is 0 Å². The summed E-state index contributed by atoms with van der Waals surface area (Å²) in [6.45, 7) is 1.77. The molecular formula is C9H12N2OS. The minimum Gasteiger partial charge on any atom is -0.390 e. The third-order valence-corrected chi connectivity index (χ3v) is 3.06. The molecule has 70 valence electrons. The molecule has 4 heteroatoms. The molecule has 0 atom stereocenters. The van der Waals surface area contributed by atoms with E-state index in [4.69, 9.17) is 5.73 Å². The van der Waals surface area contributed by atoms with Gasteiger partial charge in [0.05, 0.1) is 10.6 Å². The van der Waals surface area contributed by atoms with E-state index in [0.717, 1.165) is 25.9 Å². The standard InChI is InChI=1S/C9H12N2OS/c10-8-7(3-6-13-8)9(12)11-4-1-2-5-11/h3,6H,1-2,4-5,10H2. The Labute approximate surface area is 81.2 Å². The van der Waals surface area contributed by atoms with E-state index in [1.807, 2.05) is 10.3 Å². The zero-order valence-corrected chi connectivity index (χ0v) is 8.14. The van der Waals surface area contributed by atoms with Crippen LogP contribution in [0.25, 0.3) is 0 Å². The maximum Gasteiger partial charge on any atom is 0.256 e. The molecule has 1 aromatic rings. The summed E-state index contributed by atoms with van der Waals surface area (Å²) in [6.07, 6.45) is 2.24. The van der Waals surface area contributed by atoms with Gasteiger partial charge in [-0.2, -0.15) is 0 Å². The first-order chi connectivity index (χ1) is 6.29. The van der Waals surface area contributed by atoms with E-state index in [9.17, 15) is 4.79 Å². The van der Waals surface area contributed by atoms with E-state index in [-0.39, 0.29) is 5.91 Å². The zero-order chi connectivity index (χ0) is 9.26. The summed E-state index contributed by atoms with van der Waals surface area (Å²) in [5.74, 6) is 0.0938. The normalized spacial score (nSPS) is 16.5. The molecule has 1 fully saturated rings. The maximum atomic E-state index is 11.8. The molecule has 3 nitrogen and oxygen atoms in total. The molecule has 0 saturated carbocycles. The molecule has 1 aliphatic rings. The predicted octanol–water partition coefficient (Wildman–Crippen LogP) is 1.57. The van der Waals surface area contributed by atoms with Gasteiger partial charge in [-0.05, 0) is 24.3 Å². The topological polar surface area (TPSA) is 46.3 Å². The number of thiophene rings is 1. The van der Waals surface area contributed by atoms with Crippen LogP contribution in [0.5, 0.6) is 0 Å². The van der Waals surface area contributed by atoms with Gasteiger partial charge in [-0.3, -0.25) is 4.79 Å². The molecule has 13 heavy (non-hydrogen) atoms. The van der Waals surface area contributed by atoms with Gasteiger partial charge in [0.1, 0.15) is 0 Å². The highest BCUT2D eigenvalue weighted by Crippen LogP contribution is 2.22. The van der Waals surface area contributed by atoms with E-state index in [0.29, 0.717) is 10.6 Å². The van der Waals surface area contributed by atoms with Crippen LogP contribution in [0.2, 0.25) is 0 Å². The molecule has 2 rings (SSSR count). The minimum absolute atomic E-state index is 0.0938. The maximum absolute atomic E-state index is 11.8. The van der Waals surface area contributed by atoms with Crippen LogP contribution >= 0.6 is 11.3 Å². The van der Waals surface area contributed by atoms with Gasteiger partial charge in [0, 0.05) is 13.1 Å². The highest BCUT2D eigenvalue weighted by Gasteiger charge is 2.21. The number of nitrogen functional groups attached to an aromatic ring is 1. The molecule has 0 bridgehead atoms. The Hall–Kier alpha value is -1.03. The van der Waals surface area contributed by atoms with Gasteiger partial charge in [0.2, 0.25) is 0 Å². The van der Waals surface area contributed by atoms with E-state index in [1.54, 1.807) is 6.07 Å². The van der Waals surface area contributed by atoms with Gasteiger partial charge in [0.25, 0.3) is 5.91 Å². The van der Waals surface area contributed by atoms with E-state index >= 15 is 0 Å². The largest absolute Gasteiger partial charge is 0.390 e. The molecule has 1 aromatic heterocycles. The second-order valence-electron chi connectivity index (χ2n) is 3.20. The smallest absolute Gasteiger partial charge is 0.256 e. The molecule has 0 unspecified atom stereocenters. The summed E-state index contributed by atoms with van der Waals surface area (Å²) in [5, 5.41) is 2.50. The van der Waals surface area contributed by atoms with Crippen LogP contribution in [0.3, 0.4) is 0 Å². The van der Waals surface area contributed by atoms with E-state index in [1.165, 1.54) is 11.3 Å². The molecule has 1 amide bonds. The monoisotopic (exact) mass is 196 g/mol. The summed E-state index contributed by atoms with van der Waals surface area (Å²) in [4.78, 5) is 13.7. The van der Waals surface area contributed by atoms with Crippen molar-refractivity contribution in [1.29, 1.82) is 0 Å². The third kappa shape index (κ3) is 1.54. The fourth-order valence-corrected chi connectivity index (χ4v) is 2.22. The fourth-order valence-electron chi connectivity index (χ4n) is 1.59. The first kappa shape index (κ1) is 8.56. The number of carbonyl (C=O) groups excluding carboxylic acids is 1. The van der Waals surface area contributed by atoms with E-state index in [2.05, 4.69) is 0 Å². The van der Waals surface area contributed by atoms with Crippen LogP contribution in [0, 0.1) is 0 Å². The number of hydrogen-bond acceptors (Lipinski definition) is 3. The van der Waals surface area contributed by atoms with Crippen molar-refractivity contribution in [3.05, 3.63) is 17.0 Å². The van der Waals surface area contributed by atoms with Gasteiger partial charge in [-0.15, -0.1) is 11.3 Å². The lowest BCUT2D eigenvalue weighted by Gasteiger charge is -2.14. The predicted molar refractivity (Wildman–Crippen MR) is 53.9 cm³/mol. The average molecular weight is 196 g/mol. The lowest BCUT2D eigenvalue weighted by Crippen LogP contribution is -2.27. The van der Waals surface area contributed by atoms with Gasteiger partial charge in [-0.1, -0.05) is 0 Å². The number of nitrogens with two attached hydrogens (primary N) is 1. The van der Waals surface area contributed by atoms with Crippen molar-refractivity contribution in [2.24, 2.45) is 0 Å². The van der Waals surface area contributed by atoms with Crippen LogP contribution < -0.4 is 5.73 Å². The molecular weight excluding hydrogens is 184 g/mol. The Balaban J connectivity index is 2.17. The van der Waals surface area contributed by atoms with Crippen molar-refractivity contribution < 1.29 is 4.79 Å². The lowest BCUT2D eigenvalue weighted by molar-refractivity contribution is 0.0794. The number of anilines is 1. The fraction of sp³-hybridized carbons (Fsp3) is 0.444. The lowest BCUT2D eigenvalue weighted by atomic mass is 10.3. The summed E-state index contributed by atoms with van der Waals surface area (Å²) < 4.78 is 0. The SMILES string of the molecule is Nc1sccc1C(=O)N1CCCC1. The van der Waals surface area contributed by atoms with Crippen molar-refractivity contribution in [2.45, 2.75) is 12.8 Å². The third-order valence-electron chi connectivity index (χ3n) is 2.32. The van der Waals surface area contributed by atoms with Crippen LogP contribution in [0.1, 0.15) is 23.2 Å². The number of likely N-dealkylation sites (tertiary alicyclic amines) is 1. The number of rotatable bonds is 1. The molecule has 2 heterocycles. The Morgan fingerprint density at radius 3 is 2.69 bits per heavy atom. The molecule has 0 radical (unpaired) electrons. The number of carbonyl (C=O) groups is 1. The molecule has 0 aliphatic carbocycles. The first-order valence-electron chi connectivity index (χ1n) is 4.41. The van der Waals surface area contributed by atoms with Gasteiger partial charge in [0.15, 0.2) is 0 Å². The second-order valence-corrected chi connectivity index (χ2v) is 4.15. The average Bonchev–Trinajstić information content (AvgIpc) is 2.72. The van der Waals surface area contributed by atoms with Crippen LogP contribution in [-0.4, -0.2) is 23.9 Å². The molecule has 1 saturated heterocycles. The Bertz CT molecular complexity index is 315. The van der Waals surface area contributed by atoms with Gasteiger partial charge < -0.3 is 10.6 Å². The summed E-state index contributed by atoms with van der Waals surface area (Å²) >= 11 is 1.42. The summed E-state index contributed by atoms with van der Waals surface area (Å²) in [5.41, 5.74) is 6.35. The number of amides is 1. The van der Waals surface area contributed by atoms with Crippen molar-refractivity contribution in [1.82, 2.24) is 4.90 Å². The zero-order valence-electron chi connectivity index (χ0n) is 7.32. The van der Waals surface area contributed by atoms with Gasteiger partial charge >= 0.3 is 0 Å². The van der Waals surface area contributed by atoms with Crippen molar-refractivity contribution in [2.75, 3.05) is 18.8 Å². The van der Waals surface area contributed by atoms with Crippen LogP contribution in [0.4, 0.5) is 5.00 Å². The number of nitrogens with zero attached hydrogens (tertiary/aromatic N) is 1. The minimum atomic E-state index is 0.0938. The molecule has 2 N–H and O–H groups in total. The molecule has 1 aliphatic heterocycles. The highest BCUT2D eigenvalue weighted by molar-refractivity contribution is 7.14. The summed E-state index contributed by atoms with van der Waals surface area (Å²) in [7, 11) is 0. The Morgan fingerprint density at radius 2 is 2.15 bits per heavy atom. The van der Waals surface area contributed by atoms with Crippen molar-refractivity contribution in [3.63, 3.8) is 0 Å². The van der Waals surface area contributed by atoms with Gasteiger partial charge in [-0.25, -0.2) is 0 Å². The quantitative estimate of drug-likeness (QED) is 0.741. The Morgan fingerprint density at radius 1 is 1.46 bits per heavy atom. The van der Waals surface area contributed by atoms with Crippen LogP contribution in [0.15, 0.2) is 11.4 Å². The van der Waals surface area contributed by atoms with Crippen molar-refractivity contribution >= 4 is 22.2 Å². The van der Waals surface area contributed by atoms with Crippen LogP contribution in [-0.2, 0) is 0 Å². The number of hydrogen-bond donors (Lipinski definition) is 1.